The minimum atomic E-state index is -3.67. The van der Waals surface area contributed by atoms with E-state index in [4.69, 9.17) is 28.9 Å². The smallest absolute Gasteiger partial charge is 0.242 e. The number of sulfonamides is 1. The summed E-state index contributed by atoms with van der Waals surface area (Å²) >= 11 is 13.8. The maximum atomic E-state index is 12.3. The summed E-state index contributed by atoms with van der Waals surface area (Å²) in [6.45, 7) is 0.550. The van der Waals surface area contributed by atoms with Gasteiger partial charge in [-0.25, -0.2) is 13.1 Å². The number of nitrogens with two attached hydrogens (primary N) is 1. The molecule has 1 aliphatic rings. The molecular weight excluding hydrogens is 339 g/mol. The van der Waals surface area contributed by atoms with Crippen molar-refractivity contribution >= 4 is 45.0 Å². The lowest BCUT2D eigenvalue weighted by molar-refractivity contribution is 0.579. The number of hydrogen-bond donors (Lipinski definition) is 2. The van der Waals surface area contributed by atoms with Crippen molar-refractivity contribution in [1.82, 2.24) is 4.72 Å². The molecule has 1 atom stereocenters. The van der Waals surface area contributed by atoms with Crippen LogP contribution in [-0.2, 0) is 16.6 Å². The van der Waals surface area contributed by atoms with Gasteiger partial charge in [0.2, 0.25) is 10.0 Å². The minimum absolute atomic E-state index is 0.00452. The molecule has 0 amide bonds. The third-order valence-electron chi connectivity index (χ3n) is 3.11. The molecule has 1 heterocycles. The number of halogens is 2. The van der Waals surface area contributed by atoms with Gasteiger partial charge in [-0.1, -0.05) is 23.2 Å². The van der Waals surface area contributed by atoms with Crippen molar-refractivity contribution in [3.8, 4) is 0 Å². The predicted octanol–water partition coefficient (Wildman–Crippen LogP) is 2.63. The molecule has 4 nitrogen and oxygen atoms in total. The molecule has 112 valence electrons. The third kappa shape index (κ3) is 3.81. The highest BCUT2D eigenvalue weighted by Gasteiger charge is 2.23. The average Bonchev–Trinajstić information content (AvgIpc) is 2.92. The first kappa shape index (κ1) is 16.4. The lowest BCUT2D eigenvalue weighted by Gasteiger charge is -2.13. The average molecular weight is 355 g/mol. The van der Waals surface area contributed by atoms with Crippen molar-refractivity contribution in [2.24, 2.45) is 5.73 Å². The zero-order chi connectivity index (χ0) is 14.8. The van der Waals surface area contributed by atoms with Crippen LogP contribution in [0.2, 0.25) is 10.0 Å². The molecule has 1 aliphatic heterocycles. The minimum Gasteiger partial charge on any atom is -0.326 e. The van der Waals surface area contributed by atoms with Crippen molar-refractivity contribution in [3.63, 3.8) is 0 Å². The van der Waals surface area contributed by atoms with Crippen LogP contribution in [0.3, 0.4) is 0 Å². The fourth-order valence-corrected chi connectivity index (χ4v) is 5.38. The SMILES string of the molecule is NCc1cc(Cl)cc(S(=O)(=O)NCC2CCCS2)c1Cl. The highest BCUT2D eigenvalue weighted by molar-refractivity contribution is 8.00. The van der Waals surface area contributed by atoms with E-state index >= 15 is 0 Å². The Hall–Kier alpha value is 0.0200. The van der Waals surface area contributed by atoms with Gasteiger partial charge in [0.15, 0.2) is 0 Å². The molecule has 0 spiro atoms. The highest BCUT2D eigenvalue weighted by Crippen LogP contribution is 2.30. The van der Waals surface area contributed by atoms with Crippen LogP contribution < -0.4 is 10.5 Å². The standard InChI is InChI=1S/C12H16Cl2N2O2S2/c13-9-4-8(6-15)12(14)11(5-9)20(17,18)16-7-10-2-1-3-19-10/h4-5,10,16H,1-3,6-7,15H2. The zero-order valence-corrected chi connectivity index (χ0v) is 13.9. The summed E-state index contributed by atoms with van der Waals surface area (Å²) in [6.07, 6.45) is 2.16. The van der Waals surface area contributed by atoms with Gasteiger partial charge in [0, 0.05) is 23.4 Å². The van der Waals surface area contributed by atoms with Gasteiger partial charge in [-0.2, -0.15) is 11.8 Å². The van der Waals surface area contributed by atoms with E-state index in [1.165, 1.54) is 6.07 Å². The maximum absolute atomic E-state index is 12.3. The number of thioether (sulfide) groups is 1. The summed E-state index contributed by atoms with van der Waals surface area (Å²) in [5, 5.41) is 0.783. The largest absolute Gasteiger partial charge is 0.326 e. The topological polar surface area (TPSA) is 72.2 Å². The summed E-state index contributed by atoms with van der Waals surface area (Å²) in [5.74, 6) is 1.08. The molecule has 1 unspecified atom stereocenters. The van der Waals surface area contributed by atoms with Crippen molar-refractivity contribution < 1.29 is 8.42 Å². The predicted molar refractivity (Wildman–Crippen MR) is 85.0 cm³/mol. The molecule has 0 bridgehead atoms. The Morgan fingerprint density at radius 2 is 2.15 bits per heavy atom. The van der Waals surface area contributed by atoms with E-state index in [0.717, 1.165) is 18.6 Å². The van der Waals surface area contributed by atoms with E-state index in [2.05, 4.69) is 4.72 Å². The molecule has 1 aromatic rings. The molecule has 0 aromatic heterocycles. The Kier molecular flexibility index (Phi) is 5.62. The van der Waals surface area contributed by atoms with E-state index in [9.17, 15) is 8.42 Å². The molecule has 8 heteroatoms. The molecule has 1 saturated heterocycles. The fourth-order valence-electron chi connectivity index (χ4n) is 2.05. The third-order valence-corrected chi connectivity index (χ3v) is 6.74. The number of rotatable bonds is 5. The summed E-state index contributed by atoms with van der Waals surface area (Å²) in [7, 11) is -3.67. The van der Waals surface area contributed by atoms with Crippen molar-refractivity contribution in [1.29, 1.82) is 0 Å². The van der Waals surface area contributed by atoms with Crippen LogP contribution in [0.5, 0.6) is 0 Å². The first-order chi connectivity index (χ1) is 9.44. The zero-order valence-electron chi connectivity index (χ0n) is 10.7. The van der Waals surface area contributed by atoms with Gasteiger partial charge in [-0.05, 0) is 36.3 Å². The molecule has 2 rings (SSSR count). The Morgan fingerprint density at radius 1 is 1.40 bits per heavy atom. The highest BCUT2D eigenvalue weighted by atomic mass is 35.5. The number of hydrogen-bond acceptors (Lipinski definition) is 4. The first-order valence-electron chi connectivity index (χ1n) is 6.23. The van der Waals surface area contributed by atoms with Gasteiger partial charge in [-0.15, -0.1) is 0 Å². The lowest BCUT2D eigenvalue weighted by atomic mass is 10.2. The van der Waals surface area contributed by atoms with Gasteiger partial charge < -0.3 is 5.73 Å². The molecule has 20 heavy (non-hydrogen) atoms. The van der Waals surface area contributed by atoms with Crippen LogP contribution in [0, 0.1) is 0 Å². The molecule has 0 aliphatic carbocycles. The molecule has 0 radical (unpaired) electrons. The quantitative estimate of drug-likeness (QED) is 0.852. The van der Waals surface area contributed by atoms with Gasteiger partial charge in [0.1, 0.15) is 4.90 Å². The van der Waals surface area contributed by atoms with E-state index in [1.54, 1.807) is 17.8 Å². The molecule has 1 aromatic carbocycles. The lowest BCUT2D eigenvalue weighted by Crippen LogP contribution is -2.30. The van der Waals surface area contributed by atoms with Crippen molar-refractivity contribution in [2.45, 2.75) is 29.5 Å². The Balaban J connectivity index is 2.22. The van der Waals surface area contributed by atoms with Crippen molar-refractivity contribution in [3.05, 3.63) is 27.7 Å². The van der Waals surface area contributed by atoms with Crippen LogP contribution in [0.15, 0.2) is 17.0 Å². The van der Waals surface area contributed by atoms with E-state index < -0.39 is 10.0 Å². The van der Waals surface area contributed by atoms with Crippen molar-refractivity contribution in [2.75, 3.05) is 12.3 Å². The Bertz CT molecular complexity index is 587. The summed E-state index contributed by atoms with van der Waals surface area (Å²) in [5.41, 5.74) is 6.07. The molecule has 0 saturated carbocycles. The van der Waals surface area contributed by atoms with Gasteiger partial charge in [0.25, 0.3) is 0 Å². The molecular formula is C12H16Cl2N2O2S2. The van der Waals surface area contributed by atoms with Crippen LogP contribution in [-0.4, -0.2) is 26.0 Å². The van der Waals surface area contributed by atoms with E-state index in [-0.39, 0.29) is 16.5 Å². The Labute approximate surface area is 133 Å². The normalized spacial score (nSPS) is 19.4. The van der Waals surface area contributed by atoms with Gasteiger partial charge >= 0.3 is 0 Å². The van der Waals surface area contributed by atoms with Gasteiger partial charge in [0.05, 0.1) is 5.02 Å². The number of benzene rings is 1. The summed E-state index contributed by atoms with van der Waals surface area (Å²) < 4.78 is 27.3. The second kappa shape index (κ2) is 6.85. The summed E-state index contributed by atoms with van der Waals surface area (Å²) in [4.78, 5) is -0.00452. The first-order valence-corrected chi connectivity index (χ1v) is 9.52. The molecule has 3 N–H and O–H groups in total. The van der Waals surface area contributed by atoms with E-state index in [1.807, 2.05) is 0 Å². The van der Waals surface area contributed by atoms with Crippen LogP contribution in [0.1, 0.15) is 18.4 Å². The maximum Gasteiger partial charge on any atom is 0.242 e. The second-order valence-corrected chi connectivity index (χ2v) is 8.53. The summed E-state index contributed by atoms with van der Waals surface area (Å²) in [6, 6.07) is 2.93. The second-order valence-electron chi connectivity index (χ2n) is 4.57. The van der Waals surface area contributed by atoms with Crippen LogP contribution in [0.25, 0.3) is 0 Å². The fraction of sp³-hybridized carbons (Fsp3) is 0.500. The van der Waals surface area contributed by atoms with Crippen LogP contribution >= 0.6 is 35.0 Å². The van der Waals surface area contributed by atoms with E-state index in [0.29, 0.717) is 22.4 Å². The van der Waals surface area contributed by atoms with Crippen LogP contribution in [0.4, 0.5) is 0 Å². The Morgan fingerprint density at radius 3 is 2.75 bits per heavy atom. The van der Waals surface area contributed by atoms with Gasteiger partial charge in [-0.3, -0.25) is 0 Å². The molecule has 1 fully saturated rings. The number of nitrogens with one attached hydrogen (secondary N) is 1. The monoisotopic (exact) mass is 354 g/mol.